The molecule has 0 aliphatic rings. The Labute approximate surface area is 85.7 Å². The van der Waals surface area contributed by atoms with Crippen molar-refractivity contribution in [3.8, 4) is 0 Å². The van der Waals surface area contributed by atoms with Gasteiger partial charge in [0, 0.05) is 5.69 Å². The number of nitrogen functional groups attached to an aromatic ring is 1. The second kappa shape index (κ2) is 3.67. The zero-order valence-electron chi connectivity index (χ0n) is 7.27. The second-order valence-electron chi connectivity index (χ2n) is 2.87. The third-order valence-electron chi connectivity index (χ3n) is 1.78. The Morgan fingerprint density at radius 1 is 1.21 bits per heavy atom. The molecular weight excluding hydrogens is 202 g/mol. The maximum Gasteiger partial charge on any atom is 0.312 e. The third-order valence-corrected chi connectivity index (χ3v) is 1.93. The number of nitrogens with two attached hydrogens (primary N) is 1. The summed E-state index contributed by atoms with van der Waals surface area (Å²) in [7, 11) is 0. The van der Waals surface area contributed by atoms with Gasteiger partial charge < -0.3 is 10.2 Å². The number of nitrogens with zero attached hydrogens (tertiary/aromatic N) is 2. The fourth-order valence-electron chi connectivity index (χ4n) is 1.11. The Hall–Kier alpha value is -1.55. The highest BCUT2D eigenvalue weighted by Gasteiger charge is 2.04. The van der Waals surface area contributed by atoms with Crippen molar-refractivity contribution in [3.63, 3.8) is 0 Å². The van der Waals surface area contributed by atoms with Crippen LogP contribution < -0.4 is 5.73 Å². The van der Waals surface area contributed by atoms with Crippen molar-refractivity contribution in [1.82, 2.24) is 10.2 Å². The fourth-order valence-corrected chi connectivity index (χ4v) is 1.24. The summed E-state index contributed by atoms with van der Waals surface area (Å²) in [5, 5.41) is 7.37. The number of benzene rings is 1. The summed E-state index contributed by atoms with van der Waals surface area (Å²) in [4.78, 5) is 0. The summed E-state index contributed by atoms with van der Waals surface area (Å²) in [5.41, 5.74) is 7.34. The molecule has 2 rings (SSSR count). The van der Waals surface area contributed by atoms with Gasteiger partial charge in [-0.05, 0) is 29.3 Å². The minimum Gasteiger partial charge on any atom is -0.412 e. The fraction of sp³-hybridized carbons (Fsp3) is 0.111. The summed E-state index contributed by atoms with van der Waals surface area (Å²) >= 11 is 5.49. The maximum atomic E-state index is 5.55. The van der Waals surface area contributed by atoms with Gasteiger partial charge >= 0.3 is 5.35 Å². The highest BCUT2D eigenvalue weighted by atomic mass is 35.5. The normalized spacial score (nSPS) is 10.4. The molecule has 0 unspecified atom stereocenters. The van der Waals surface area contributed by atoms with E-state index in [2.05, 4.69) is 10.2 Å². The lowest BCUT2D eigenvalue weighted by Crippen LogP contribution is -1.89. The molecule has 4 nitrogen and oxygen atoms in total. The molecule has 1 aromatic carbocycles. The average molecular weight is 210 g/mol. The van der Waals surface area contributed by atoms with Crippen LogP contribution in [0.3, 0.4) is 0 Å². The molecule has 14 heavy (non-hydrogen) atoms. The molecule has 0 spiro atoms. The van der Waals surface area contributed by atoms with Crippen molar-refractivity contribution in [2.75, 3.05) is 5.73 Å². The van der Waals surface area contributed by atoms with E-state index in [1.165, 1.54) is 0 Å². The number of rotatable bonds is 2. The molecule has 5 heteroatoms. The van der Waals surface area contributed by atoms with Crippen LogP contribution in [0.25, 0.3) is 0 Å². The molecule has 0 amide bonds. The summed E-state index contributed by atoms with van der Waals surface area (Å²) in [6.45, 7) is 0. The van der Waals surface area contributed by atoms with E-state index in [0.29, 0.717) is 12.3 Å². The first-order valence-corrected chi connectivity index (χ1v) is 4.44. The molecule has 0 bridgehead atoms. The van der Waals surface area contributed by atoms with Crippen LogP contribution in [-0.2, 0) is 6.42 Å². The van der Waals surface area contributed by atoms with Crippen LogP contribution in [0.2, 0.25) is 5.35 Å². The largest absolute Gasteiger partial charge is 0.412 e. The van der Waals surface area contributed by atoms with Crippen LogP contribution >= 0.6 is 11.6 Å². The smallest absolute Gasteiger partial charge is 0.312 e. The lowest BCUT2D eigenvalue weighted by Gasteiger charge is -1.96. The summed E-state index contributed by atoms with van der Waals surface area (Å²) in [6, 6.07) is 7.47. The molecule has 1 aromatic heterocycles. The Balaban J connectivity index is 2.15. The van der Waals surface area contributed by atoms with Crippen molar-refractivity contribution >= 4 is 17.3 Å². The van der Waals surface area contributed by atoms with Crippen LogP contribution in [0.15, 0.2) is 28.7 Å². The Morgan fingerprint density at radius 3 is 2.50 bits per heavy atom. The molecule has 0 aliphatic carbocycles. The molecule has 2 N–H and O–H groups in total. The maximum absolute atomic E-state index is 5.55. The molecule has 0 atom stereocenters. The van der Waals surface area contributed by atoms with Crippen LogP contribution in [0, 0.1) is 0 Å². The van der Waals surface area contributed by atoms with Gasteiger partial charge in [0.25, 0.3) is 0 Å². The number of anilines is 1. The van der Waals surface area contributed by atoms with E-state index in [9.17, 15) is 0 Å². The number of hydrogen-bond donors (Lipinski definition) is 1. The third kappa shape index (κ3) is 2.03. The van der Waals surface area contributed by atoms with Gasteiger partial charge in [0.1, 0.15) is 0 Å². The van der Waals surface area contributed by atoms with Crippen LogP contribution in [0.1, 0.15) is 11.5 Å². The first-order chi connectivity index (χ1) is 6.74. The molecule has 0 radical (unpaired) electrons. The van der Waals surface area contributed by atoms with Crippen molar-refractivity contribution < 1.29 is 4.42 Å². The molecule has 0 fully saturated rings. The zero-order chi connectivity index (χ0) is 9.97. The van der Waals surface area contributed by atoms with Crippen LogP contribution in [0.5, 0.6) is 0 Å². The van der Waals surface area contributed by atoms with Crippen LogP contribution in [-0.4, -0.2) is 10.2 Å². The van der Waals surface area contributed by atoms with Gasteiger partial charge in [-0.25, -0.2) is 0 Å². The summed E-state index contributed by atoms with van der Waals surface area (Å²) in [5.74, 6) is 0.500. The lowest BCUT2D eigenvalue weighted by atomic mass is 10.1. The van der Waals surface area contributed by atoms with E-state index in [1.807, 2.05) is 24.3 Å². The summed E-state index contributed by atoms with van der Waals surface area (Å²) in [6.07, 6.45) is 0.569. The van der Waals surface area contributed by atoms with Gasteiger partial charge in [0.2, 0.25) is 5.89 Å². The van der Waals surface area contributed by atoms with Gasteiger partial charge in [-0.15, -0.1) is 5.10 Å². The van der Waals surface area contributed by atoms with E-state index in [1.54, 1.807) is 0 Å². The standard InChI is InChI=1S/C9H8ClN3O/c10-9-13-12-8(14-9)5-6-1-3-7(11)4-2-6/h1-4H,5,11H2. The quantitative estimate of drug-likeness (QED) is 0.768. The number of hydrogen-bond acceptors (Lipinski definition) is 4. The molecule has 0 saturated carbocycles. The molecule has 0 aliphatic heterocycles. The van der Waals surface area contributed by atoms with Gasteiger partial charge in [-0.1, -0.05) is 17.2 Å². The zero-order valence-corrected chi connectivity index (χ0v) is 8.03. The average Bonchev–Trinajstić information content (AvgIpc) is 2.56. The molecule has 2 aromatic rings. The van der Waals surface area contributed by atoms with E-state index < -0.39 is 0 Å². The Morgan fingerprint density at radius 2 is 1.93 bits per heavy atom. The molecule has 72 valence electrons. The van der Waals surface area contributed by atoms with Crippen molar-refractivity contribution in [3.05, 3.63) is 41.1 Å². The molecule has 1 heterocycles. The van der Waals surface area contributed by atoms with Crippen LogP contribution in [0.4, 0.5) is 5.69 Å². The van der Waals surface area contributed by atoms with E-state index in [0.717, 1.165) is 11.3 Å². The lowest BCUT2D eigenvalue weighted by molar-refractivity contribution is 0.507. The Kier molecular flexibility index (Phi) is 2.37. The number of halogens is 1. The van der Waals surface area contributed by atoms with E-state index in [4.69, 9.17) is 21.8 Å². The minimum atomic E-state index is 0.0652. The van der Waals surface area contributed by atoms with Gasteiger partial charge in [-0.2, -0.15) is 0 Å². The molecule has 0 saturated heterocycles. The monoisotopic (exact) mass is 209 g/mol. The Bertz CT molecular complexity index is 424. The predicted octanol–water partition coefficient (Wildman–Crippen LogP) is 1.90. The van der Waals surface area contributed by atoms with Gasteiger partial charge in [0.05, 0.1) is 6.42 Å². The van der Waals surface area contributed by atoms with E-state index in [-0.39, 0.29) is 5.35 Å². The van der Waals surface area contributed by atoms with Crippen molar-refractivity contribution in [2.45, 2.75) is 6.42 Å². The topological polar surface area (TPSA) is 64.9 Å². The van der Waals surface area contributed by atoms with Crippen molar-refractivity contribution in [1.29, 1.82) is 0 Å². The van der Waals surface area contributed by atoms with Gasteiger partial charge in [0.15, 0.2) is 0 Å². The highest BCUT2D eigenvalue weighted by Crippen LogP contribution is 2.12. The van der Waals surface area contributed by atoms with Crippen molar-refractivity contribution in [2.24, 2.45) is 0 Å². The minimum absolute atomic E-state index is 0.0652. The second-order valence-corrected chi connectivity index (χ2v) is 3.19. The van der Waals surface area contributed by atoms with E-state index >= 15 is 0 Å². The predicted molar refractivity (Wildman–Crippen MR) is 53.0 cm³/mol. The first kappa shape index (κ1) is 9.02. The van der Waals surface area contributed by atoms with Gasteiger partial charge in [-0.3, -0.25) is 0 Å². The number of aromatic nitrogens is 2. The highest BCUT2D eigenvalue weighted by molar-refractivity contribution is 6.27. The summed E-state index contributed by atoms with van der Waals surface area (Å²) < 4.78 is 5.03. The first-order valence-electron chi connectivity index (χ1n) is 4.06. The molecular formula is C9H8ClN3O. The SMILES string of the molecule is Nc1ccc(Cc2nnc(Cl)o2)cc1.